The lowest BCUT2D eigenvalue weighted by atomic mass is 10.3. The molecule has 2 rings (SSSR count). The average Bonchev–Trinajstić information content (AvgIpc) is 2.36. The Labute approximate surface area is 123 Å². The Bertz CT molecular complexity index is 631. The van der Waals surface area contributed by atoms with E-state index >= 15 is 0 Å². The Hall–Kier alpha value is -1.43. The number of aromatic nitrogens is 3. The van der Waals surface area contributed by atoms with E-state index in [0.29, 0.717) is 10.7 Å². The zero-order valence-electron chi connectivity index (χ0n) is 9.62. The number of carbonyl (C=O) groups excluding carboxylic acids is 1. The Kier molecular flexibility index (Phi) is 4.19. The van der Waals surface area contributed by atoms with Gasteiger partial charge in [-0.2, -0.15) is 0 Å². The van der Waals surface area contributed by atoms with Crippen molar-refractivity contribution < 1.29 is 4.79 Å². The van der Waals surface area contributed by atoms with E-state index in [1.165, 1.54) is 18.5 Å². The molecule has 19 heavy (non-hydrogen) atoms. The Morgan fingerprint density at radius 2 is 1.89 bits per heavy atom. The number of aryl methyl sites for hydroxylation is 1. The molecule has 0 aromatic carbocycles. The van der Waals surface area contributed by atoms with Crippen LogP contribution in [-0.2, 0) is 0 Å². The van der Waals surface area contributed by atoms with Crippen LogP contribution in [0.1, 0.15) is 16.2 Å². The molecule has 0 bridgehead atoms. The van der Waals surface area contributed by atoms with Crippen molar-refractivity contribution in [3.05, 3.63) is 45.0 Å². The SMILES string of the molecule is Cc1nc(NC(=O)c2cnc(Cl)cn2)c(Cl)cc1Cl. The Balaban J connectivity index is 2.24. The summed E-state index contributed by atoms with van der Waals surface area (Å²) >= 11 is 17.4. The predicted molar refractivity (Wildman–Crippen MR) is 74.0 cm³/mol. The number of rotatable bonds is 2. The predicted octanol–water partition coefficient (Wildman–Crippen LogP) is 3.39. The largest absolute Gasteiger partial charge is 0.304 e. The highest BCUT2D eigenvalue weighted by Crippen LogP contribution is 2.25. The van der Waals surface area contributed by atoms with Gasteiger partial charge in [0.1, 0.15) is 10.8 Å². The standard InChI is InChI=1S/C11H7Cl3N4O/c1-5-6(12)2-7(13)10(17-5)18-11(19)8-3-16-9(14)4-15-8/h2-4H,1H3,(H,17,18,19). The lowest BCUT2D eigenvalue weighted by Crippen LogP contribution is -2.15. The molecular formula is C11H7Cl3N4O. The average molecular weight is 318 g/mol. The van der Waals surface area contributed by atoms with Crippen LogP contribution in [0.5, 0.6) is 0 Å². The second-order valence-corrected chi connectivity index (χ2v) is 4.77. The van der Waals surface area contributed by atoms with Crippen molar-refractivity contribution in [2.24, 2.45) is 0 Å². The Morgan fingerprint density at radius 3 is 2.53 bits per heavy atom. The van der Waals surface area contributed by atoms with Crippen LogP contribution in [0.15, 0.2) is 18.5 Å². The number of hydrogen-bond donors (Lipinski definition) is 1. The van der Waals surface area contributed by atoms with E-state index in [0.717, 1.165) is 0 Å². The van der Waals surface area contributed by atoms with Crippen LogP contribution in [0.3, 0.4) is 0 Å². The van der Waals surface area contributed by atoms with Crippen molar-refractivity contribution in [1.82, 2.24) is 15.0 Å². The fourth-order valence-corrected chi connectivity index (χ4v) is 1.75. The molecule has 2 heterocycles. The molecular weight excluding hydrogens is 311 g/mol. The summed E-state index contributed by atoms with van der Waals surface area (Å²) in [5.41, 5.74) is 0.665. The van der Waals surface area contributed by atoms with Crippen molar-refractivity contribution in [3.63, 3.8) is 0 Å². The number of nitrogens with zero attached hydrogens (tertiary/aromatic N) is 3. The number of anilines is 1. The van der Waals surface area contributed by atoms with Crippen LogP contribution >= 0.6 is 34.8 Å². The summed E-state index contributed by atoms with van der Waals surface area (Å²) in [5, 5.41) is 3.40. The maximum Gasteiger partial charge on any atom is 0.277 e. The number of carbonyl (C=O) groups is 1. The van der Waals surface area contributed by atoms with Gasteiger partial charge in [0.05, 0.1) is 28.1 Å². The zero-order valence-corrected chi connectivity index (χ0v) is 11.9. The molecule has 2 aromatic rings. The first-order valence-electron chi connectivity index (χ1n) is 5.09. The molecule has 0 atom stereocenters. The summed E-state index contributed by atoms with van der Waals surface area (Å²) in [6, 6.07) is 1.51. The van der Waals surface area contributed by atoms with Crippen LogP contribution in [0, 0.1) is 6.92 Å². The van der Waals surface area contributed by atoms with Gasteiger partial charge < -0.3 is 5.32 Å². The fourth-order valence-electron chi connectivity index (χ4n) is 1.25. The molecule has 1 N–H and O–H groups in total. The van der Waals surface area contributed by atoms with E-state index in [-0.39, 0.29) is 21.7 Å². The van der Waals surface area contributed by atoms with Crippen molar-refractivity contribution >= 4 is 46.5 Å². The molecule has 0 saturated heterocycles. The monoisotopic (exact) mass is 316 g/mol. The molecule has 8 heteroatoms. The first kappa shape index (κ1) is 14.0. The lowest BCUT2D eigenvalue weighted by Gasteiger charge is -2.07. The summed E-state index contributed by atoms with van der Waals surface area (Å²) in [7, 11) is 0. The number of nitrogens with one attached hydrogen (secondary N) is 1. The molecule has 5 nitrogen and oxygen atoms in total. The van der Waals surface area contributed by atoms with Gasteiger partial charge in [-0.15, -0.1) is 0 Å². The van der Waals surface area contributed by atoms with E-state index in [2.05, 4.69) is 20.3 Å². The summed E-state index contributed by atoms with van der Waals surface area (Å²) < 4.78 is 0. The van der Waals surface area contributed by atoms with Crippen LogP contribution < -0.4 is 5.32 Å². The number of amides is 1. The highest BCUT2D eigenvalue weighted by molar-refractivity contribution is 6.36. The summed E-state index contributed by atoms with van der Waals surface area (Å²) in [6.07, 6.45) is 2.53. The van der Waals surface area contributed by atoms with Gasteiger partial charge in [-0.05, 0) is 13.0 Å². The molecule has 2 aromatic heterocycles. The molecule has 0 aliphatic rings. The van der Waals surface area contributed by atoms with Gasteiger partial charge in [-0.1, -0.05) is 34.8 Å². The van der Waals surface area contributed by atoms with Crippen LogP contribution in [0.2, 0.25) is 15.2 Å². The minimum Gasteiger partial charge on any atom is -0.304 e. The molecule has 1 amide bonds. The number of halogens is 3. The van der Waals surface area contributed by atoms with Crippen molar-refractivity contribution in [2.75, 3.05) is 5.32 Å². The van der Waals surface area contributed by atoms with Crippen molar-refractivity contribution in [3.8, 4) is 0 Å². The van der Waals surface area contributed by atoms with E-state index in [1.54, 1.807) is 6.92 Å². The quantitative estimate of drug-likeness (QED) is 0.922. The van der Waals surface area contributed by atoms with E-state index in [9.17, 15) is 4.79 Å². The van der Waals surface area contributed by atoms with Gasteiger partial charge in [0.25, 0.3) is 5.91 Å². The maximum absolute atomic E-state index is 11.9. The molecule has 0 saturated carbocycles. The first-order chi connectivity index (χ1) is 8.97. The van der Waals surface area contributed by atoms with Crippen molar-refractivity contribution in [2.45, 2.75) is 6.92 Å². The minimum absolute atomic E-state index is 0.106. The molecule has 0 radical (unpaired) electrons. The van der Waals surface area contributed by atoms with Gasteiger partial charge in [-0.25, -0.2) is 15.0 Å². The smallest absolute Gasteiger partial charge is 0.277 e. The van der Waals surface area contributed by atoms with E-state index < -0.39 is 5.91 Å². The van der Waals surface area contributed by atoms with Gasteiger partial charge in [0.15, 0.2) is 5.82 Å². The maximum atomic E-state index is 11.9. The van der Waals surface area contributed by atoms with E-state index in [4.69, 9.17) is 34.8 Å². The van der Waals surface area contributed by atoms with Crippen LogP contribution in [0.4, 0.5) is 5.82 Å². The highest BCUT2D eigenvalue weighted by Gasteiger charge is 2.13. The third-order valence-corrected chi connectivity index (χ3v) is 3.06. The van der Waals surface area contributed by atoms with Gasteiger partial charge >= 0.3 is 0 Å². The van der Waals surface area contributed by atoms with E-state index in [1.807, 2.05) is 0 Å². The highest BCUT2D eigenvalue weighted by atomic mass is 35.5. The molecule has 0 aliphatic heterocycles. The van der Waals surface area contributed by atoms with Crippen LogP contribution in [0.25, 0.3) is 0 Å². The molecule has 0 unspecified atom stereocenters. The van der Waals surface area contributed by atoms with Crippen LogP contribution in [-0.4, -0.2) is 20.9 Å². The minimum atomic E-state index is -0.486. The summed E-state index contributed by atoms with van der Waals surface area (Å²) in [5.74, 6) is -0.273. The molecule has 0 spiro atoms. The third kappa shape index (κ3) is 3.32. The Morgan fingerprint density at radius 1 is 1.16 bits per heavy atom. The van der Waals surface area contributed by atoms with Gasteiger partial charge in [0, 0.05) is 0 Å². The fraction of sp³-hybridized carbons (Fsp3) is 0.0909. The first-order valence-corrected chi connectivity index (χ1v) is 6.22. The molecule has 98 valence electrons. The molecule has 0 fully saturated rings. The second kappa shape index (κ2) is 5.69. The lowest BCUT2D eigenvalue weighted by molar-refractivity contribution is 0.102. The number of hydrogen-bond acceptors (Lipinski definition) is 4. The van der Waals surface area contributed by atoms with Gasteiger partial charge in [0.2, 0.25) is 0 Å². The summed E-state index contributed by atoms with van der Waals surface area (Å²) in [6.45, 7) is 1.70. The normalized spacial score (nSPS) is 10.3. The topological polar surface area (TPSA) is 67.8 Å². The third-order valence-electron chi connectivity index (χ3n) is 2.19. The second-order valence-electron chi connectivity index (χ2n) is 3.56. The zero-order chi connectivity index (χ0) is 14.0. The van der Waals surface area contributed by atoms with Crippen molar-refractivity contribution in [1.29, 1.82) is 0 Å². The number of pyridine rings is 1. The summed E-state index contributed by atoms with van der Waals surface area (Å²) in [4.78, 5) is 23.6. The molecule has 0 aliphatic carbocycles. The van der Waals surface area contributed by atoms with Gasteiger partial charge in [-0.3, -0.25) is 4.79 Å².